The van der Waals surface area contributed by atoms with E-state index in [4.69, 9.17) is 0 Å². The van der Waals surface area contributed by atoms with Gasteiger partial charge >= 0.3 is 5.97 Å². The predicted octanol–water partition coefficient (Wildman–Crippen LogP) is -1.42. The number of piperazine rings is 1. The van der Waals surface area contributed by atoms with Crippen molar-refractivity contribution in [2.24, 2.45) is 0 Å². The van der Waals surface area contributed by atoms with Gasteiger partial charge in [-0.1, -0.05) is 0 Å². The predicted molar refractivity (Wildman–Crippen MR) is 65.4 cm³/mol. The Bertz CT molecular complexity index is 664. The molecule has 0 bridgehead atoms. The van der Waals surface area contributed by atoms with E-state index in [0.29, 0.717) is 15.6 Å². The number of nitrogens with one attached hydrogen (secondary N) is 1. The number of hydrogen-bond donors (Lipinski definition) is 1. The van der Waals surface area contributed by atoms with E-state index >= 15 is 0 Å². The van der Waals surface area contributed by atoms with Gasteiger partial charge in [0.05, 0.1) is 25.7 Å². The molecule has 1 aliphatic rings. The van der Waals surface area contributed by atoms with Crippen LogP contribution in [0.5, 0.6) is 0 Å². The summed E-state index contributed by atoms with van der Waals surface area (Å²) in [5, 5.41) is 1.99. The number of hydrogen-bond acceptors (Lipinski definition) is 8. The average Bonchev–Trinajstić information content (AvgIpc) is 2.86. The fraction of sp³-hybridized carbons (Fsp3) is 0.333. The number of carbonyl (C=O) groups is 3. The molecular weight excluding hydrogens is 310 g/mol. The Morgan fingerprint density at radius 3 is 2.55 bits per heavy atom. The van der Waals surface area contributed by atoms with E-state index in [0.717, 1.165) is 7.11 Å². The number of methoxy groups -OCH3 is 1. The molecule has 0 radical (unpaired) electrons. The van der Waals surface area contributed by atoms with Crippen LogP contribution in [-0.4, -0.2) is 55.7 Å². The number of nitrogens with zero attached hydrogens (tertiary/aromatic N) is 2. The highest BCUT2D eigenvalue weighted by atomic mass is 32.2. The number of sulfonamides is 1. The molecule has 1 fully saturated rings. The molecule has 20 heavy (non-hydrogen) atoms. The second kappa shape index (κ2) is 5.26. The minimum absolute atomic E-state index is 0.355. The van der Waals surface area contributed by atoms with E-state index in [-0.39, 0.29) is 9.90 Å². The van der Waals surface area contributed by atoms with E-state index in [1.54, 1.807) is 0 Å². The third-order valence-corrected chi connectivity index (χ3v) is 5.55. The lowest BCUT2D eigenvalue weighted by Gasteiger charge is -2.24. The number of thiazole rings is 1. The van der Waals surface area contributed by atoms with E-state index < -0.39 is 40.9 Å². The van der Waals surface area contributed by atoms with Crippen molar-refractivity contribution in [1.82, 2.24) is 14.6 Å². The van der Waals surface area contributed by atoms with Gasteiger partial charge in [-0.25, -0.2) is 18.2 Å². The molecule has 0 spiro atoms. The summed E-state index contributed by atoms with van der Waals surface area (Å²) in [6, 6.07) is 0. The van der Waals surface area contributed by atoms with Gasteiger partial charge in [0, 0.05) is 0 Å². The molecule has 1 aromatic rings. The number of aromatic nitrogens is 1. The van der Waals surface area contributed by atoms with Gasteiger partial charge in [0.1, 0.15) is 0 Å². The quantitative estimate of drug-likeness (QED) is 0.535. The van der Waals surface area contributed by atoms with Crippen molar-refractivity contribution in [1.29, 1.82) is 0 Å². The smallest absolute Gasteiger partial charge is 0.358 e. The fourth-order valence-corrected chi connectivity index (χ4v) is 4.17. The Hall–Kier alpha value is -1.85. The van der Waals surface area contributed by atoms with E-state index in [1.807, 2.05) is 5.32 Å². The monoisotopic (exact) mass is 319 g/mol. The third kappa shape index (κ3) is 2.55. The maximum Gasteiger partial charge on any atom is 0.358 e. The Balaban J connectivity index is 2.40. The van der Waals surface area contributed by atoms with Crippen LogP contribution in [0.15, 0.2) is 9.72 Å². The highest BCUT2D eigenvalue weighted by molar-refractivity contribution is 7.91. The molecule has 0 aliphatic carbocycles. The van der Waals surface area contributed by atoms with Crippen molar-refractivity contribution in [2.75, 3.05) is 20.2 Å². The summed E-state index contributed by atoms with van der Waals surface area (Å²) in [7, 11) is -3.07. The molecule has 9 nitrogen and oxygen atoms in total. The second-order valence-corrected chi connectivity index (χ2v) is 6.71. The van der Waals surface area contributed by atoms with Crippen LogP contribution >= 0.6 is 11.3 Å². The zero-order chi connectivity index (χ0) is 14.9. The standard InChI is InChI=1S/C9H9N3O6S2/c1-18-8(15)7-9(19-4-10-7)20(16,17)12-2-5(13)11-6(14)3-12/h4H,2-3H2,1H3,(H,11,13,14). The molecule has 1 saturated heterocycles. The Labute approximate surface area is 117 Å². The second-order valence-electron chi connectivity index (χ2n) is 3.72. The lowest BCUT2D eigenvalue weighted by molar-refractivity contribution is -0.134. The molecule has 1 N–H and O–H groups in total. The van der Waals surface area contributed by atoms with Gasteiger partial charge in [-0.2, -0.15) is 4.31 Å². The molecular formula is C9H9N3O6S2. The summed E-state index contributed by atoms with van der Waals surface area (Å²) in [6.07, 6.45) is 0. The molecule has 108 valence electrons. The van der Waals surface area contributed by atoms with Crippen molar-refractivity contribution >= 4 is 39.1 Å². The van der Waals surface area contributed by atoms with Gasteiger partial charge in [0.2, 0.25) is 11.8 Å². The SMILES string of the molecule is COC(=O)c1ncsc1S(=O)(=O)N1CC(=O)NC(=O)C1. The van der Waals surface area contributed by atoms with Crippen LogP contribution in [0.3, 0.4) is 0 Å². The average molecular weight is 319 g/mol. The molecule has 1 aromatic heterocycles. The van der Waals surface area contributed by atoms with Crippen molar-refractivity contribution in [3.05, 3.63) is 11.2 Å². The van der Waals surface area contributed by atoms with Gasteiger partial charge in [-0.05, 0) is 0 Å². The molecule has 0 saturated carbocycles. The lowest BCUT2D eigenvalue weighted by atomic mass is 10.4. The summed E-state index contributed by atoms with van der Waals surface area (Å²) in [5.74, 6) is -2.36. The topological polar surface area (TPSA) is 123 Å². The van der Waals surface area contributed by atoms with E-state index in [1.165, 1.54) is 5.51 Å². The van der Waals surface area contributed by atoms with Gasteiger partial charge in [-0.3, -0.25) is 14.9 Å². The highest BCUT2D eigenvalue weighted by Gasteiger charge is 2.37. The van der Waals surface area contributed by atoms with E-state index in [2.05, 4.69) is 9.72 Å². The first-order valence-corrected chi connectivity index (χ1v) is 7.53. The fourth-order valence-electron chi connectivity index (χ4n) is 1.55. The molecule has 11 heteroatoms. The molecule has 2 rings (SSSR count). The van der Waals surface area contributed by atoms with Crippen LogP contribution < -0.4 is 5.32 Å². The number of carbonyl (C=O) groups excluding carboxylic acids is 3. The van der Waals surface area contributed by atoms with Crippen molar-refractivity contribution in [3.63, 3.8) is 0 Å². The van der Waals surface area contributed by atoms with Crippen LogP contribution in [0.1, 0.15) is 10.5 Å². The number of imide groups is 1. The molecule has 1 aliphatic heterocycles. The van der Waals surface area contributed by atoms with Crippen LogP contribution in [-0.2, 0) is 24.3 Å². The maximum absolute atomic E-state index is 12.3. The van der Waals surface area contributed by atoms with Crippen LogP contribution in [0, 0.1) is 0 Å². The van der Waals surface area contributed by atoms with Crippen molar-refractivity contribution in [2.45, 2.75) is 4.21 Å². The first-order valence-electron chi connectivity index (χ1n) is 5.21. The summed E-state index contributed by atoms with van der Waals surface area (Å²) >= 11 is 0.712. The zero-order valence-corrected chi connectivity index (χ0v) is 11.8. The Morgan fingerprint density at radius 1 is 1.40 bits per heavy atom. The molecule has 0 aromatic carbocycles. The molecule has 0 unspecified atom stereocenters. The largest absolute Gasteiger partial charge is 0.464 e. The van der Waals surface area contributed by atoms with Crippen molar-refractivity contribution < 1.29 is 27.5 Å². The first kappa shape index (κ1) is 14.6. The number of ether oxygens (including phenoxy) is 1. The van der Waals surface area contributed by atoms with Gasteiger partial charge in [-0.15, -0.1) is 11.3 Å². The zero-order valence-electron chi connectivity index (χ0n) is 10.2. The number of esters is 1. The van der Waals surface area contributed by atoms with Crippen LogP contribution in [0.2, 0.25) is 0 Å². The minimum Gasteiger partial charge on any atom is -0.464 e. The first-order chi connectivity index (χ1) is 9.36. The molecule has 0 atom stereocenters. The minimum atomic E-state index is -4.16. The Kier molecular flexibility index (Phi) is 3.83. The Morgan fingerprint density at radius 2 is 2.00 bits per heavy atom. The normalized spacial score (nSPS) is 16.9. The lowest BCUT2D eigenvalue weighted by Crippen LogP contribution is -2.53. The molecule has 2 heterocycles. The number of amides is 2. The summed E-state index contributed by atoms with van der Waals surface area (Å²) < 4.78 is 29.4. The summed E-state index contributed by atoms with van der Waals surface area (Å²) in [6.45, 7) is -0.987. The van der Waals surface area contributed by atoms with Crippen LogP contribution in [0.4, 0.5) is 0 Å². The molecule has 2 amide bonds. The highest BCUT2D eigenvalue weighted by Crippen LogP contribution is 2.25. The van der Waals surface area contributed by atoms with Crippen molar-refractivity contribution in [3.8, 4) is 0 Å². The van der Waals surface area contributed by atoms with Gasteiger partial charge in [0.15, 0.2) is 9.90 Å². The van der Waals surface area contributed by atoms with Gasteiger partial charge in [0.25, 0.3) is 10.0 Å². The summed E-state index contributed by atoms with van der Waals surface area (Å²) in [5.41, 5.74) is 0.807. The third-order valence-electron chi connectivity index (χ3n) is 2.41. The van der Waals surface area contributed by atoms with Crippen LogP contribution in [0.25, 0.3) is 0 Å². The summed E-state index contributed by atoms with van der Waals surface area (Å²) in [4.78, 5) is 37.6. The van der Waals surface area contributed by atoms with Gasteiger partial charge < -0.3 is 4.74 Å². The van der Waals surface area contributed by atoms with E-state index in [9.17, 15) is 22.8 Å². The maximum atomic E-state index is 12.3. The number of rotatable bonds is 3.